The molecule has 1 aromatic rings. The number of benzene rings is 1. The molecule has 0 bridgehead atoms. The second kappa shape index (κ2) is 9.11. The number of nitrogens with two attached hydrogens (primary N) is 1. The second-order valence-corrected chi connectivity index (χ2v) is 5.95. The highest BCUT2D eigenvalue weighted by Crippen LogP contribution is 2.26. The Hall–Kier alpha value is -1.30. The van der Waals surface area contributed by atoms with E-state index in [-0.39, 0.29) is 30.3 Å². The molecule has 2 unspecified atom stereocenters. The zero-order chi connectivity index (χ0) is 16.1. The Kier molecular flexibility index (Phi) is 7.82. The number of carbonyl (C=O) groups excluding carboxylic acids is 1. The quantitative estimate of drug-likeness (QED) is 0.861. The largest absolute Gasteiger partial charge is 0.496 e. The molecule has 0 spiro atoms. The van der Waals surface area contributed by atoms with Gasteiger partial charge in [-0.25, -0.2) is 0 Å². The minimum atomic E-state index is -0.484. The van der Waals surface area contributed by atoms with Gasteiger partial charge in [0.1, 0.15) is 5.75 Å². The zero-order valence-electron chi connectivity index (χ0n) is 14.0. The van der Waals surface area contributed by atoms with Gasteiger partial charge in [-0.3, -0.25) is 4.79 Å². The molecule has 1 aliphatic heterocycles. The van der Waals surface area contributed by atoms with Crippen LogP contribution in [-0.4, -0.2) is 32.3 Å². The van der Waals surface area contributed by atoms with Crippen LogP contribution in [0.4, 0.5) is 0 Å². The molecule has 130 valence electrons. The average Bonchev–Trinajstić information content (AvgIpc) is 2.54. The lowest BCUT2D eigenvalue weighted by atomic mass is 9.91. The van der Waals surface area contributed by atoms with Gasteiger partial charge in [0, 0.05) is 18.8 Å². The molecule has 23 heavy (non-hydrogen) atoms. The fourth-order valence-corrected chi connectivity index (χ4v) is 2.87. The zero-order valence-corrected chi connectivity index (χ0v) is 14.8. The van der Waals surface area contributed by atoms with Crippen molar-refractivity contribution in [3.05, 3.63) is 29.3 Å². The molecule has 0 saturated carbocycles. The summed E-state index contributed by atoms with van der Waals surface area (Å²) in [6.45, 7) is 5.34. The Balaban J connectivity index is 0.00000264. The smallest absolute Gasteiger partial charge is 0.237 e. The first-order valence-corrected chi connectivity index (χ1v) is 7.81. The molecule has 1 aromatic carbocycles. The van der Waals surface area contributed by atoms with Crippen LogP contribution in [0.3, 0.4) is 0 Å². The first kappa shape index (κ1) is 19.7. The molecule has 6 heteroatoms. The van der Waals surface area contributed by atoms with Crippen molar-refractivity contribution < 1.29 is 14.3 Å². The molecule has 1 aliphatic rings. The lowest BCUT2D eigenvalue weighted by Gasteiger charge is -2.28. The fourth-order valence-electron chi connectivity index (χ4n) is 2.87. The topological polar surface area (TPSA) is 73.6 Å². The minimum absolute atomic E-state index is 0. The van der Waals surface area contributed by atoms with Crippen molar-refractivity contribution in [2.45, 2.75) is 38.8 Å². The summed E-state index contributed by atoms with van der Waals surface area (Å²) >= 11 is 0. The second-order valence-electron chi connectivity index (χ2n) is 5.95. The van der Waals surface area contributed by atoms with E-state index < -0.39 is 6.04 Å². The third-order valence-corrected chi connectivity index (χ3v) is 4.29. The number of aryl methyl sites for hydroxylation is 1. The summed E-state index contributed by atoms with van der Waals surface area (Å²) in [5.41, 5.74) is 8.22. The SMILES string of the molecule is COc1ccc(C)cc1C(C)NC(=O)C(N)C1CCOCC1.Cl. The Labute approximate surface area is 144 Å². The number of hydrogen-bond acceptors (Lipinski definition) is 4. The number of methoxy groups -OCH3 is 1. The molecule has 1 fully saturated rings. The van der Waals surface area contributed by atoms with Gasteiger partial charge in [0.2, 0.25) is 5.91 Å². The summed E-state index contributed by atoms with van der Waals surface area (Å²) in [4.78, 5) is 12.4. The molecule has 2 rings (SSSR count). The van der Waals surface area contributed by atoms with E-state index in [1.54, 1.807) is 7.11 Å². The monoisotopic (exact) mass is 342 g/mol. The third kappa shape index (κ3) is 5.09. The van der Waals surface area contributed by atoms with E-state index in [1.165, 1.54) is 0 Å². The van der Waals surface area contributed by atoms with E-state index in [4.69, 9.17) is 15.2 Å². The lowest BCUT2D eigenvalue weighted by molar-refractivity contribution is -0.125. The van der Waals surface area contributed by atoms with Crippen LogP contribution in [-0.2, 0) is 9.53 Å². The van der Waals surface area contributed by atoms with Gasteiger partial charge in [-0.2, -0.15) is 0 Å². The Bertz CT molecular complexity index is 519. The molecule has 1 saturated heterocycles. The molecule has 5 nitrogen and oxygen atoms in total. The molecule has 0 radical (unpaired) electrons. The molecule has 2 atom stereocenters. The van der Waals surface area contributed by atoms with E-state index >= 15 is 0 Å². The van der Waals surface area contributed by atoms with Gasteiger partial charge in [-0.05, 0) is 38.7 Å². The van der Waals surface area contributed by atoms with Crippen LogP contribution in [0.1, 0.15) is 36.9 Å². The summed E-state index contributed by atoms with van der Waals surface area (Å²) in [5.74, 6) is 0.862. The maximum absolute atomic E-state index is 12.4. The summed E-state index contributed by atoms with van der Waals surface area (Å²) < 4.78 is 10.7. The first-order valence-electron chi connectivity index (χ1n) is 7.81. The van der Waals surface area contributed by atoms with Gasteiger partial charge in [-0.1, -0.05) is 17.7 Å². The number of carbonyl (C=O) groups is 1. The average molecular weight is 343 g/mol. The van der Waals surface area contributed by atoms with Crippen molar-refractivity contribution in [1.82, 2.24) is 5.32 Å². The molecule has 0 aromatic heterocycles. The number of ether oxygens (including phenoxy) is 2. The van der Waals surface area contributed by atoms with Crippen LogP contribution in [0.25, 0.3) is 0 Å². The minimum Gasteiger partial charge on any atom is -0.496 e. The van der Waals surface area contributed by atoms with Gasteiger partial charge >= 0.3 is 0 Å². The number of rotatable bonds is 5. The van der Waals surface area contributed by atoms with Crippen LogP contribution >= 0.6 is 12.4 Å². The summed E-state index contributed by atoms with van der Waals surface area (Å²) in [5, 5.41) is 3.01. The maximum atomic E-state index is 12.4. The molecule has 1 heterocycles. The molecule has 3 N–H and O–H groups in total. The Morgan fingerprint density at radius 3 is 2.65 bits per heavy atom. The van der Waals surface area contributed by atoms with Crippen LogP contribution in [0, 0.1) is 12.8 Å². The van der Waals surface area contributed by atoms with Crippen molar-refractivity contribution in [2.24, 2.45) is 11.7 Å². The lowest BCUT2D eigenvalue weighted by Crippen LogP contribution is -2.47. The van der Waals surface area contributed by atoms with Crippen LogP contribution in [0.2, 0.25) is 0 Å². The first-order chi connectivity index (χ1) is 10.5. The van der Waals surface area contributed by atoms with E-state index in [0.29, 0.717) is 13.2 Å². The van der Waals surface area contributed by atoms with Gasteiger partial charge in [0.05, 0.1) is 19.2 Å². The maximum Gasteiger partial charge on any atom is 0.237 e. The number of amides is 1. The third-order valence-electron chi connectivity index (χ3n) is 4.29. The number of nitrogens with one attached hydrogen (secondary N) is 1. The van der Waals surface area contributed by atoms with E-state index in [1.807, 2.05) is 32.0 Å². The highest BCUT2D eigenvalue weighted by atomic mass is 35.5. The highest BCUT2D eigenvalue weighted by molar-refractivity contribution is 5.85. The normalized spacial score (nSPS) is 17.7. The van der Waals surface area contributed by atoms with E-state index in [2.05, 4.69) is 5.32 Å². The Morgan fingerprint density at radius 2 is 2.04 bits per heavy atom. The standard InChI is InChI=1S/C17H26N2O3.ClH/c1-11-4-5-15(21-3)14(10-11)12(2)19-17(20)16(18)13-6-8-22-9-7-13;/h4-5,10,12-13,16H,6-9,18H2,1-3H3,(H,19,20);1H. The van der Waals surface area contributed by atoms with Gasteiger partial charge in [0.15, 0.2) is 0 Å². The van der Waals surface area contributed by atoms with Crippen LogP contribution in [0.15, 0.2) is 18.2 Å². The van der Waals surface area contributed by atoms with Gasteiger partial charge < -0.3 is 20.5 Å². The van der Waals surface area contributed by atoms with Crippen molar-refractivity contribution in [1.29, 1.82) is 0 Å². The van der Waals surface area contributed by atoms with E-state index in [0.717, 1.165) is 29.7 Å². The van der Waals surface area contributed by atoms with Crippen LogP contribution in [0.5, 0.6) is 5.75 Å². The molecule has 0 aliphatic carbocycles. The van der Waals surface area contributed by atoms with Crippen molar-refractivity contribution >= 4 is 18.3 Å². The Morgan fingerprint density at radius 1 is 1.39 bits per heavy atom. The molecule has 1 amide bonds. The van der Waals surface area contributed by atoms with Gasteiger partial charge in [0.25, 0.3) is 0 Å². The number of halogens is 1. The van der Waals surface area contributed by atoms with Crippen LogP contribution < -0.4 is 15.8 Å². The van der Waals surface area contributed by atoms with Gasteiger partial charge in [-0.15, -0.1) is 12.4 Å². The van der Waals surface area contributed by atoms with Crippen molar-refractivity contribution in [3.8, 4) is 5.75 Å². The van der Waals surface area contributed by atoms with Crippen molar-refractivity contribution in [3.63, 3.8) is 0 Å². The highest BCUT2D eigenvalue weighted by Gasteiger charge is 2.27. The van der Waals surface area contributed by atoms with E-state index in [9.17, 15) is 4.79 Å². The van der Waals surface area contributed by atoms with Crippen molar-refractivity contribution in [2.75, 3.05) is 20.3 Å². The fraction of sp³-hybridized carbons (Fsp3) is 0.588. The predicted octanol–water partition coefficient (Wildman–Crippen LogP) is 2.36. The molecular formula is C17H27ClN2O3. The predicted molar refractivity (Wildman–Crippen MR) is 93.1 cm³/mol. The summed E-state index contributed by atoms with van der Waals surface area (Å²) in [6.07, 6.45) is 1.69. The summed E-state index contributed by atoms with van der Waals surface area (Å²) in [6, 6.07) is 5.32. The number of hydrogen-bond donors (Lipinski definition) is 2. The molecular weight excluding hydrogens is 316 g/mol. The summed E-state index contributed by atoms with van der Waals surface area (Å²) in [7, 11) is 1.64.